The molecule has 1 aliphatic carbocycles. The lowest BCUT2D eigenvalue weighted by molar-refractivity contribution is 0.541. The maximum absolute atomic E-state index is 5.62. The summed E-state index contributed by atoms with van der Waals surface area (Å²) >= 11 is 0. The third-order valence-corrected chi connectivity index (χ3v) is 1.91. The first-order valence-electron chi connectivity index (χ1n) is 3.85. The molecule has 1 rings (SSSR count). The lowest BCUT2D eigenvalue weighted by Gasteiger charge is -2.25. The number of allylic oxidation sites excluding steroid dienone is 2. The molecule has 0 bridgehead atoms. The SMILES string of the molecule is C=C(C=C1CC(N)C1)CC. The van der Waals surface area contributed by atoms with Gasteiger partial charge in [0.1, 0.15) is 0 Å². The Balaban J connectivity index is 2.35. The molecule has 1 nitrogen and oxygen atoms in total. The first-order valence-corrected chi connectivity index (χ1v) is 3.85. The van der Waals surface area contributed by atoms with Crippen molar-refractivity contribution in [2.45, 2.75) is 32.2 Å². The van der Waals surface area contributed by atoms with Gasteiger partial charge in [-0.05, 0) is 19.3 Å². The largest absolute Gasteiger partial charge is 0.327 e. The highest BCUT2D eigenvalue weighted by Gasteiger charge is 2.17. The number of hydrogen-bond donors (Lipinski definition) is 1. The van der Waals surface area contributed by atoms with Crippen LogP contribution in [0.2, 0.25) is 0 Å². The minimum absolute atomic E-state index is 0.427. The summed E-state index contributed by atoms with van der Waals surface area (Å²) in [4.78, 5) is 0. The molecule has 0 aliphatic heterocycles. The minimum atomic E-state index is 0.427. The fourth-order valence-electron chi connectivity index (χ4n) is 1.12. The van der Waals surface area contributed by atoms with E-state index in [0.717, 1.165) is 19.3 Å². The maximum atomic E-state index is 5.62. The zero-order valence-electron chi connectivity index (χ0n) is 6.56. The monoisotopic (exact) mass is 137 g/mol. The predicted octanol–water partition coefficient (Wildman–Crippen LogP) is 2.00. The highest BCUT2D eigenvalue weighted by molar-refractivity contribution is 5.26. The van der Waals surface area contributed by atoms with Gasteiger partial charge in [-0.1, -0.05) is 30.7 Å². The lowest BCUT2D eigenvalue weighted by Crippen LogP contribution is -2.30. The topological polar surface area (TPSA) is 26.0 Å². The van der Waals surface area contributed by atoms with E-state index in [4.69, 9.17) is 5.73 Å². The Labute approximate surface area is 62.6 Å². The summed E-state index contributed by atoms with van der Waals surface area (Å²) in [7, 11) is 0. The third-order valence-electron chi connectivity index (χ3n) is 1.91. The van der Waals surface area contributed by atoms with Gasteiger partial charge in [0.05, 0.1) is 0 Å². The summed E-state index contributed by atoms with van der Waals surface area (Å²) in [5, 5.41) is 0. The fraction of sp³-hybridized carbons (Fsp3) is 0.556. The van der Waals surface area contributed by atoms with Crippen molar-refractivity contribution in [1.29, 1.82) is 0 Å². The Morgan fingerprint density at radius 1 is 1.80 bits per heavy atom. The van der Waals surface area contributed by atoms with Crippen molar-refractivity contribution in [1.82, 2.24) is 0 Å². The molecule has 0 aromatic heterocycles. The molecule has 1 fully saturated rings. The van der Waals surface area contributed by atoms with Crippen LogP contribution in [0.5, 0.6) is 0 Å². The van der Waals surface area contributed by atoms with Crippen LogP contribution >= 0.6 is 0 Å². The van der Waals surface area contributed by atoms with E-state index in [2.05, 4.69) is 19.6 Å². The minimum Gasteiger partial charge on any atom is -0.327 e. The third kappa shape index (κ3) is 1.71. The van der Waals surface area contributed by atoms with E-state index >= 15 is 0 Å². The smallest absolute Gasteiger partial charge is 0.0114 e. The van der Waals surface area contributed by atoms with Crippen LogP contribution in [0.1, 0.15) is 26.2 Å². The second-order valence-electron chi connectivity index (χ2n) is 2.98. The molecule has 10 heavy (non-hydrogen) atoms. The van der Waals surface area contributed by atoms with Crippen LogP contribution in [0.15, 0.2) is 23.8 Å². The Morgan fingerprint density at radius 3 is 2.80 bits per heavy atom. The molecule has 2 N–H and O–H groups in total. The van der Waals surface area contributed by atoms with E-state index in [1.807, 2.05) is 0 Å². The van der Waals surface area contributed by atoms with Gasteiger partial charge >= 0.3 is 0 Å². The van der Waals surface area contributed by atoms with Crippen molar-refractivity contribution in [3.8, 4) is 0 Å². The van der Waals surface area contributed by atoms with E-state index < -0.39 is 0 Å². The second kappa shape index (κ2) is 3.02. The van der Waals surface area contributed by atoms with Gasteiger partial charge in [-0.15, -0.1) is 0 Å². The van der Waals surface area contributed by atoms with Crippen LogP contribution in [0, 0.1) is 0 Å². The summed E-state index contributed by atoms with van der Waals surface area (Å²) < 4.78 is 0. The molecule has 0 saturated heterocycles. The second-order valence-corrected chi connectivity index (χ2v) is 2.98. The first kappa shape index (κ1) is 7.55. The van der Waals surface area contributed by atoms with Gasteiger partial charge in [-0.2, -0.15) is 0 Å². The molecule has 1 saturated carbocycles. The van der Waals surface area contributed by atoms with Crippen LogP contribution < -0.4 is 5.73 Å². The van der Waals surface area contributed by atoms with E-state index in [1.54, 1.807) is 0 Å². The molecule has 0 unspecified atom stereocenters. The van der Waals surface area contributed by atoms with Crippen molar-refractivity contribution in [2.75, 3.05) is 0 Å². The van der Waals surface area contributed by atoms with Crippen LogP contribution in [0.3, 0.4) is 0 Å². The highest BCUT2D eigenvalue weighted by atomic mass is 14.7. The number of hydrogen-bond acceptors (Lipinski definition) is 1. The van der Waals surface area contributed by atoms with E-state index in [1.165, 1.54) is 11.1 Å². The summed E-state index contributed by atoms with van der Waals surface area (Å²) in [5.74, 6) is 0. The molecule has 1 heteroatoms. The normalized spacial score (nSPS) is 23.8. The number of nitrogens with two attached hydrogens (primary N) is 1. The van der Waals surface area contributed by atoms with E-state index in [0.29, 0.717) is 6.04 Å². The molecule has 56 valence electrons. The van der Waals surface area contributed by atoms with Crippen molar-refractivity contribution >= 4 is 0 Å². The van der Waals surface area contributed by atoms with Crippen molar-refractivity contribution < 1.29 is 0 Å². The molecular weight excluding hydrogens is 122 g/mol. The molecule has 0 amide bonds. The summed E-state index contributed by atoms with van der Waals surface area (Å²) in [6.07, 6.45) is 5.40. The molecule has 0 radical (unpaired) electrons. The Kier molecular flexibility index (Phi) is 2.28. The molecule has 1 aliphatic rings. The van der Waals surface area contributed by atoms with Crippen LogP contribution in [0.25, 0.3) is 0 Å². The van der Waals surface area contributed by atoms with Crippen molar-refractivity contribution in [3.05, 3.63) is 23.8 Å². The van der Waals surface area contributed by atoms with Crippen LogP contribution in [0.4, 0.5) is 0 Å². The van der Waals surface area contributed by atoms with E-state index in [-0.39, 0.29) is 0 Å². The standard InChI is InChI=1S/C9H15N/c1-3-7(2)4-8-5-9(10)6-8/h4,9H,2-3,5-6,10H2,1H3. The van der Waals surface area contributed by atoms with Gasteiger partial charge in [0.2, 0.25) is 0 Å². The molecule has 0 aromatic carbocycles. The van der Waals surface area contributed by atoms with Crippen LogP contribution in [-0.2, 0) is 0 Å². The molecule has 0 spiro atoms. The van der Waals surface area contributed by atoms with Gasteiger partial charge in [-0.3, -0.25) is 0 Å². The fourth-order valence-corrected chi connectivity index (χ4v) is 1.12. The van der Waals surface area contributed by atoms with Crippen molar-refractivity contribution in [2.24, 2.45) is 5.73 Å². The van der Waals surface area contributed by atoms with Gasteiger partial charge < -0.3 is 5.73 Å². The Bertz CT molecular complexity index is 160. The Morgan fingerprint density at radius 2 is 2.40 bits per heavy atom. The van der Waals surface area contributed by atoms with E-state index in [9.17, 15) is 0 Å². The number of rotatable bonds is 2. The Hall–Kier alpha value is -0.560. The summed E-state index contributed by atoms with van der Waals surface area (Å²) in [6.45, 7) is 6.03. The zero-order valence-corrected chi connectivity index (χ0v) is 6.56. The molecule has 0 atom stereocenters. The quantitative estimate of drug-likeness (QED) is 0.619. The summed E-state index contributed by atoms with van der Waals surface area (Å²) in [6, 6.07) is 0.427. The average molecular weight is 137 g/mol. The predicted molar refractivity (Wildman–Crippen MR) is 44.7 cm³/mol. The van der Waals surface area contributed by atoms with Gasteiger partial charge in [0.15, 0.2) is 0 Å². The van der Waals surface area contributed by atoms with Crippen LogP contribution in [-0.4, -0.2) is 6.04 Å². The average Bonchev–Trinajstić information content (AvgIpc) is 1.84. The zero-order chi connectivity index (χ0) is 7.56. The lowest BCUT2D eigenvalue weighted by atomic mass is 9.86. The van der Waals surface area contributed by atoms with Gasteiger partial charge in [-0.25, -0.2) is 0 Å². The van der Waals surface area contributed by atoms with Gasteiger partial charge in [0, 0.05) is 6.04 Å². The summed E-state index contributed by atoms with van der Waals surface area (Å²) in [5.41, 5.74) is 8.31. The highest BCUT2D eigenvalue weighted by Crippen LogP contribution is 2.25. The first-order chi connectivity index (χ1) is 4.72. The molecule has 0 heterocycles. The van der Waals surface area contributed by atoms with Crippen molar-refractivity contribution in [3.63, 3.8) is 0 Å². The molecule has 0 aromatic rings. The maximum Gasteiger partial charge on any atom is 0.0114 e. The molecular formula is C9H15N. The van der Waals surface area contributed by atoms with Gasteiger partial charge in [0.25, 0.3) is 0 Å².